The molecule has 0 amide bonds. The van der Waals surface area contributed by atoms with Crippen LogP contribution in [0.2, 0.25) is 0 Å². The standard InChI is InChI=1S/C5H12O.C5H8O.C4H9Br.C4H6F4.C4H6F2.C4H6O2.C4H10O.C4H8O.2C4H9.C4H6.C3H3F3.C3H8O.C3H4.C2H5Br.C2F4.C2H6O.C2H4O.4C2H6.2CH2O3.2CH4O.2B.2BrH.F4S.FH.5K.2Li.3Na.H2O.5H/c1-4-5(2)6-3;1-4-5(2,3)6;1-2-3-4-5;1-3(5,6)4(2,7)8;2*1-3(5)4(2)6;2*1-2-3-4-5;3*1-3-4-2;1-2(4)3(5)6;1-3-4-2;1-3-2;1-2-3;3-1(4)2(5)6;2*1-2-3;4*1-2;2*2-1-4-3;2*1-2;;;;;1-5(2,3)4;;;;;;;;;;;;;;;;;/h5H,4H2,1-3H3;1,6H,2-3H3;2-4H2,1H3;1-2H3;2*1-2H3;5H,2-4H2,1H3;4H,2-3H2,1H3;2*1,3-4H2,2H3;1-2H3;1H3;3H2,1-2H3;1H,2H3;2H2,1H3;;3H,2H2,1H3;2H,1H3;4*1-2H3;2*1,3H;2*2H,1H3;;;2*1H;;1H;;;;;;;;;;;1H2;;;;;/q;;;;;;;;2*-1;;;;;;;;;;;;;;;;;;;;;;;10*+1;;5*-1/p-3/b;;;;4-3+;;;;;;;;;;;;;;;;;;;;;;;;;;;;;;;;;;;;;;;;;;;. The minimum absolute atomic E-state index is 0. The first-order valence-corrected chi connectivity index (χ1v) is 37.5. The second-order valence-corrected chi connectivity index (χ2v) is 18.7. The van der Waals surface area contributed by atoms with Crippen LogP contribution in [-0.4, -0.2) is 167 Å². The van der Waals surface area contributed by atoms with Gasteiger partial charge >= 0.3 is 425 Å². The van der Waals surface area contributed by atoms with Gasteiger partial charge in [0.25, 0.3) is 12.9 Å². The fraction of sp³-hybridized carbons (Fsp3) is 0.733. The summed E-state index contributed by atoms with van der Waals surface area (Å²) in [5.74, 6) is -1.67. The summed E-state index contributed by atoms with van der Waals surface area (Å²) in [5, 5.41) is 57.3. The van der Waals surface area contributed by atoms with Gasteiger partial charge in [0.05, 0.1) is 6.10 Å². The molecular formula is C75H162B2Br4F18K5Li2Na3O18S. The van der Waals surface area contributed by atoms with Crippen LogP contribution < -0.4 is 394 Å². The van der Waals surface area contributed by atoms with E-state index in [2.05, 4.69) is 132 Å². The summed E-state index contributed by atoms with van der Waals surface area (Å²) >= 11 is 0.289. The van der Waals surface area contributed by atoms with Gasteiger partial charge in [-0.2, -0.15) is 39.2 Å². The Morgan fingerprint density at radius 2 is 0.711 bits per heavy atom. The number of terminal acetylenes is 2. The molecule has 0 aliphatic carbocycles. The molecule has 128 heavy (non-hydrogen) atoms. The van der Waals surface area contributed by atoms with Crippen molar-refractivity contribution in [3.05, 3.63) is 49.6 Å². The molecule has 0 saturated carbocycles. The van der Waals surface area contributed by atoms with E-state index in [-0.39, 0.29) is 496 Å². The predicted octanol–water partition coefficient (Wildman–Crippen LogP) is -4.86. The Morgan fingerprint density at radius 1 is 0.547 bits per heavy atom. The van der Waals surface area contributed by atoms with Crippen molar-refractivity contribution in [2.75, 3.05) is 58.9 Å². The Balaban J connectivity index is -0.0000000123. The van der Waals surface area contributed by atoms with Crippen molar-refractivity contribution < 1.29 is 557 Å². The molecule has 0 aromatic heterocycles. The first-order chi connectivity index (χ1) is 51.6. The molecule has 18 nitrogen and oxygen atoms in total. The molecule has 0 rings (SSSR count). The number of Topliss-reactive ketones (excluding diaryl/α,β-unsaturated/α-hetero) is 2. The summed E-state index contributed by atoms with van der Waals surface area (Å²) in [5.41, 5.74) is -0.931. The summed E-state index contributed by atoms with van der Waals surface area (Å²) in [4.78, 5) is 60.3. The van der Waals surface area contributed by atoms with Crippen LogP contribution in [0.15, 0.2) is 35.7 Å². The average molecular weight is 2350 g/mol. The fourth-order valence-electron chi connectivity index (χ4n) is 0.576. The number of aldehydes is 2. The maximum absolute atomic E-state index is 11.5. The van der Waals surface area contributed by atoms with Gasteiger partial charge in [-0.3, -0.25) is 23.9 Å². The van der Waals surface area contributed by atoms with Crippen LogP contribution in [0.5, 0.6) is 0 Å². The molecule has 0 spiro atoms. The minimum atomic E-state index is -6.17. The summed E-state index contributed by atoms with van der Waals surface area (Å²) in [7, 11) is 5.41. The number of aliphatic hydroxyl groups is 5. The number of aliphatic hydroxyl groups excluding tert-OH is 4. The molecule has 53 heteroatoms. The second kappa shape index (κ2) is 320. The van der Waals surface area contributed by atoms with E-state index in [0.717, 1.165) is 96.4 Å². The van der Waals surface area contributed by atoms with Crippen molar-refractivity contribution in [3.8, 4) is 36.5 Å². The van der Waals surface area contributed by atoms with E-state index in [1.165, 1.54) is 46.5 Å². The zero-order valence-corrected chi connectivity index (χ0v) is 116. The average Bonchev–Trinajstić information content (AvgIpc) is 0.874. The Morgan fingerprint density at radius 3 is 0.711 bits per heavy atom. The molecule has 0 fully saturated rings. The predicted molar refractivity (Wildman–Crippen MR) is 480 cm³/mol. The van der Waals surface area contributed by atoms with Gasteiger partial charge in [0.1, 0.15) is 29.8 Å². The van der Waals surface area contributed by atoms with Gasteiger partial charge in [-0.15, -0.1) is 64.6 Å². The second-order valence-electron chi connectivity index (χ2n) is 16.1. The van der Waals surface area contributed by atoms with Crippen molar-refractivity contribution in [2.45, 2.75) is 309 Å². The maximum Gasteiger partial charge on any atom is 1.00 e. The molecule has 1 unspecified atom stereocenters. The molecule has 0 bridgehead atoms. The summed E-state index contributed by atoms with van der Waals surface area (Å²) in [6.07, 6.45) is 15.5. The molecule has 746 valence electrons. The van der Waals surface area contributed by atoms with Gasteiger partial charge < -0.3 is 91.3 Å². The van der Waals surface area contributed by atoms with Crippen LogP contribution in [0.4, 0.5) is 77.3 Å². The number of unbranched alkanes of at least 4 members (excludes halogenated alkanes) is 5. The molecule has 0 heterocycles. The van der Waals surface area contributed by atoms with Crippen LogP contribution >= 0.6 is 77.4 Å². The third kappa shape index (κ3) is 868. The van der Waals surface area contributed by atoms with Crippen LogP contribution in [0.25, 0.3) is 0 Å². The smallest absolute Gasteiger partial charge is 1.00 e. The van der Waals surface area contributed by atoms with Crippen molar-refractivity contribution in [1.29, 1.82) is 0 Å². The number of rotatable bonds is 15. The molecule has 0 aliphatic rings. The Bertz CT molecular complexity index is 1730. The monoisotopic (exact) mass is 2340 g/mol. The first kappa shape index (κ1) is 287. The van der Waals surface area contributed by atoms with E-state index >= 15 is 0 Å². The largest absolute Gasteiger partial charge is 1.00 e. The molecule has 1 atom stereocenters. The van der Waals surface area contributed by atoms with E-state index < -0.39 is 64.7 Å². The topological polar surface area (TPSA) is 317 Å². The van der Waals surface area contributed by atoms with Gasteiger partial charge in [0.2, 0.25) is 0 Å². The van der Waals surface area contributed by atoms with Crippen molar-refractivity contribution in [3.63, 3.8) is 0 Å². The number of hydrogen-bond acceptors (Lipinski definition) is 18. The van der Waals surface area contributed by atoms with Crippen molar-refractivity contribution in [1.82, 2.24) is 0 Å². The SMILES string of the molecule is Br.Br.C#CC.C#CC(C)(C)O.C/C(F)=C(/C)F.CC.CC.CC.CC.CC#CC.CC(=O)C(C)=O.CC(F)(F)C(C)(F)F.CC(F)=C(F)F.CC=O.CCBr.CCC(C)OC.CCCC=O.CCCCBr.CCCCO.CCO.CCOC.CO.CO.F.FC(F)=C(F)F.FS(F)(F)F.O=CO[O-].O=CO[O-].[B].[B].[CH2-]CCC.[CH2-]CCC.[H-].[H-].[H-].[H-].[H-].[K+].[K+].[K+].[K+].[K+].[Li+].[Li+].[Na+].[Na+].[Na+].[OH-]. The van der Waals surface area contributed by atoms with Crippen molar-refractivity contribution >= 4 is 131 Å². The van der Waals surface area contributed by atoms with E-state index in [0.29, 0.717) is 26.1 Å². The van der Waals surface area contributed by atoms with Gasteiger partial charge in [-0.25, -0.2) is 30.7 Å². The molecule has 0 saturated heterocycles. The zero-order chi connectivity index (χ0) is 98.0. The number of carbonyl (C=O) groups is 6. The van der Waals surface area contributed by atoms with E-state index in [9.17, 15) is 87.0 Å². The molecule has 0 aromatic carbocycles. The zero-order valence-electron chi connectivity index (χ0n) is 91.8. The van der Waals surface area contributed by atoms with Gasteiger partial charge in [0, 0.05) is 110 Å². The van der Waals surface area contributed by atoms with Crippen LogP contribution in [0.1, 0.15) is 292 Å². The molecule has 6 radical (unpaired) electrons. The van der Waals surface area contributed by atoms with Gasteiger partial charge in [-0.05, 0) is 109 Å². The molecular weight excluding hydrogens is 2180 g/mol. The molecule has 0 aromatic rings. The van der Waals surface area contributed by atoms with E-state index in [1.807, 2.05) is 90.0 Å². The summed E-state index contributed by atoms with van der Waals surface area (Å²) in [6.45, 7) is 60.2. The molecule has 6 N–H and O–H groups in total. The third-order valence-electron chi connectivity index (χ3n) is 6.20. The number of ketones is 2. The van der Waals surface area contributed by atoms with Gasteiger partial charge in [-0.1, -0.05) is 183 Å². The van der Waals surface area contributed by atoms with Gasteiger partial charge in [0.15, 0.2) is 17.4 Å². The number of carbonyl (C=O) groups excluding carboxylic acids is 6. The Kier molecular flexibility index (Phi) is 717. The summed E-state index contributed by atoms with van der Waals surface area (Å²) in [6, 6.07) is 0. The quantitative estimate of drug-likeness (QED) is 0.0118. The third-order valence-corrected chi connectivity index (χ3v) is 6.77. The van der Waals surface area contributed by atoms with Crippen LogP contribution in [0, 0.1) is 50.4 Å². The number of hydrogen-bond donors (Lipinski definition) is 5. The van der Waals surface area contributed by atoms with E-state index in [4.69, 9.17) is 61.6 Å². The summed E-state index contributed by atoms with van der Waals surface area (Å²) < 4.78 is 191. The number of alkyl halides is 6. The van der Waals surface area contributed by atoms with Crippen molar-refractivity contribution in [2.24, 2.45) is 0 Å². The fourth-order valence-corrected chi connectivity index (χ4v) is 1.14. The Labute approximate surface area is 1120 Å². The Hall–Kier alpha value is 8.64. The van der Waals surface area contributed by atoms with Crippen LogP contribution in [-0.2, 0) is 48.0 Å². The normalized spacial score (nSPS) is 7.23. The minimum Gasteiger partial charge on any atom is -1.00 e. The number of methoxy groups -OCH3 is 2. The molecule has 0 aliphatic heterocycles. The van der Waals surface area contributed by atoms with Crippen LogP contribution in [0.3, 0.4) is 0 Å². The number of ether oxygens (including phenoxy) is 2. The van der Waals surface area contributed by atoms with E-state index in [1.54, 1.807) is 41.9 Å². The first-order valence-electron chi connectivity index (χ1n) is 34.0. The number of allylic oxidation sites excluding steroid dienone is 3. The maximum atomic E-state index is 11.5. The number of halogens is 22.